The summed E-state index contributed by atoms with van der Waals surface area (Å²) in [5.41, 5.74) is 4.30. The van der Waals surface area contributed by atoms with Crippen LogP contribution in [0.3, 0.4) is 0 Å². The molecular weight excluding hydrogens is 425 g/mol. The van der Waals surface area contributed by atoms with Crippen LogP contribution in [0.2, 0.25) is 0 Å². The topological polar surface area (TPSA) is 54.2 Å². The molecule has 5 nitrogen and oxygen atoms in total. The maximum atomic E-state index is 4.52. The highest BCUT2D eigenvalue weighted by Crippen LogP contribution is 2.56. The number of aryl methyl sites for hydroxylation is 2. The molecule has 0 aromatic carbocycles. The van der Waals surface area contributed by atoms with Crippen LogP contribution in [0.4, 0.5) is 0 Å². The van der Waals surface area contributed by atoms with Crippen LogP contribution in [0.1, 0.15) is 56.0 Å². The molecule has 0 bridgehead atoms. The van der Waals surface area contributed by atoms with Crippen molar-refractivity contribution in [1.82, 2.24) is 20.4 Å². The van der Waals surface area contributed by atoms with E-state index in [0.29, 0.717) is 11.5 Å². The summed E-state index contributed by atoms with van der Waals surface area (Å²) < 4.78 is 1.97. The van der Waals surface area contributed by atoms with Gasteiger partial charge in [0, 0.05) is 32.4 Å². The molecule has 2 fully saturated rings. The van der Waals surface area contributed by atoms with Crippen molar-refractivity contribution in [3.05, 3.63) is 17.0 Å². The minimum atomic E-state index is 0. The Hall–Kier alpha value is -0.790. The van der Waals surface area contributed by atoms with Crippen LogP contribution < -0.4 is 10.6 Å². The summed E-state index contributed by atoms with van der Waals surface area (Å²) in [7, 11) is 3.88. The maximum absolute atomic E-state index is 4.52. The van der Waals surface area contributed by atoms with Gasteiger partial charge in [0.15, 0.2) is 5.96 Å². The quantitative estimate of drug-likeness (QED) is 0.390. The van der Waals surface area contributed by atoms with Crippen molar-refractivity contribution in [2.45, 2.75) is 65.3 Å². The summed E-state index contributed by atoms with van der Waals surface area (Å²) in [5, 5.41) is 11.7. The summed E-state index contributed by atoms with van der Waals surface area (Å²) in [6.07, 6.45) is 8.03. The molecular formula is C19H34IN5. The lowest BCUT2D eigenvalue weighted by Crippen LogP contribution is -2.49. The number of hydrogen-bond acceptors (Lipinski definition) is 2. The molecule has 2 N–H and O–H groups in total. The average Bonchev–Trinajstić information content (AvgIpc) is 3.31. The number of aliphatic imine (C=N–C) groups is 1. The van der Waals surface area contributed by atoms with E-state index >= 15 is 0 Å². The van der Waals surface area contributed by atoms with Gasteiger partial charge in [-0.2, -0.15) is 5.10 Å². The highest BCUT2D eigenvalue weighted by molar-refractivity contribution is 14.0. The molecule has 2 aliphatic carbocycles. The van der Waals surface area contributed by atoms with Gasteiger partial charge in [-0.25, -0.2) is 0 Å². The third kappa shape index (κ3) is 4.49. The molecule has 1 aromatic rings. The maximum Gasteiger partial charge on any atom is 0.191 e. The van der Waals surface area contributed by atoms with Crippen LogP contribution in [-0.4, -0.2) is 35.4 Å². The lowest BCUT2D eigenvalue weighted by atomic mass is 9.65. The van der Waals surface area contributed by atoms with Gasteiger partial charge in [0.05, 0.1) is 5.69 Å². The molecule has 1 unspecified atom stereocenters. The molecule has 2 saturated carbocycles. The van der Waals surface area contributed by atoms with Gasteiger partial charge in [0.25, 0.3) is 0 Å². The smallest absolute Gasteiger partial charge is 0.191 e. The third-order valence-electron chi connectivity index (χ3n) is 6.18. The van der Waals surface area contributed by atoms with Crippen molar-refractivity contribution >= 4 is 29.9 Å². The largest absolute Gasteiger partial charge is 0.356 e. The second kappa shape index (κ2) is 8.27. The minimum absolute atomic E-state index is 0. The number of nitrogens with one attached hydrogen (secondary N) is 2. The molecule has 3 rings (SSSR count). The Balaban J connectivity index is 0.00000225. The molecule has 142 valence electrons. The molecule has 0 saturated heterocycles. The van der Waals surface area contributed by atoms with Gasteiger partial charge in [-0.1, -0.05) is 6.42 Å². The Morgan fingerprint density at radius 3 is 2.48 bits per heavy atom. The van der Waals surface area contributed by atoms with E-state index < -0.39 is 0 Å². The second-order valence-electron chi connectivity index (χ2n) is 7.94. The van der Waals surface area contributed by atoms with Crippen LogP contribution in [0.15, 0.2) is 4.99 Å². The molecule has 2 aliphatic rings. The number of hydrogen-bond donors (Lipinski definition) is 2. The highest BCUT2D eigenvalue weighted by atomic mass is 127. The molecule has 1 aromatic heterocycles. The van der Waals surface area contributed by atoms with E-state index in [-0.39, 0.29) is 24.0 Å². The SMILES string of the molecule is CN=C(NCC1(C2CC2)CCC1)NC(C)Cc1c(C)nn(C)c1C.I. The van der Waals surface area contributed by atoms with Crippen molar-refractivity contribution in [2.75, 3.05) is 13.6 Å². The lowest BCUT2D eigenvalue weighted by Gasteiger charge is -2.43. The predicted molar refractivity (Wildman–Crippen MR) is 115 cm³/mol. The number of halogens is 1. The summed E-state index contributed by atoms with van der Waals surface area (Å²) >= 11 is 0. The van der Waals surface area contributed by atoms with Gasteiger partial charge in [0.1, 0.15) is 0 Å². The fourth-order valence-electron chi connectivity index (χ4n) is 4.21. The van der Waals surface area contributed by atoms with Crippen LogP contribution in [0.25, 0.3) is 0 Å². The van der Waals surface area contributed by atoms with Gasteiger partial charge in [-0.15, -0.1) is 24.0 Å². The van der Waals surface area contributed by atoms with E-state index in [1.54, 1.807) is 0 Å². The molecule has 1 heterocycles. The van der Waals surface area contributed by atoms with Crippen LogP contribution in [0, 0.1) is 25.2 Å². The summed E-state index contributed by atoms with van der Waals surface area (Å²) in [4.78, 5) is 4.43. The van der Waals surface area contributed by atoms with Gasteiger partial charge in [-0.3, -0.25) is 9.67 Å². The zero-order valence-electron chi connectivity index (χ0n) is 16.4. The highest BCUT2D eigenvalue weighted by Gasteiger charge is 2.48. The van der Waals surface area contributed by atoms with Crippen molar-refractivity contribution in [3.63, 3.8) is 0 Å². The normalized spacial score (nSPS) is 20.4. The standard InChI is InChI=1S/C19H33N5.HI/c1-13(11-17-14(2)23-24(5)15(17)3)22-18(20-4)21-12-19(9-6-10-19)16-7-8-16;/h13,16H,6-12H2,1-5H3,(H2,20,21,22);1H. The van der Waals surface area contributed by atoms with E-state index in [2.05, 4.69) is 41.5 Å². The first kappa shape index (κ1) is 20.5. The molecule has 0 spiro atoms. The minimum Gasteiger partial charge on any atom is -0.356 e. The van der Waals surface area contributed by atoms with Gasteiger partial charge in [-0.05, 0) is 69.8 Å². The van der Waals surface area contributed by atoms with Crippen LogP contribution in [0.5, 0.6) is 0 Å². The molecule has 1 atom stereocenters. The van der Waals surface area contributed by atoms with E-state index in [4.69, 9.17) is 0 Å². The summed E-state index contributed by atoms with van der Waals surface area (Å²) in [6, 6.07) is 0.330. The summed E-state index contributed by atoms with van der Waals surface area (Å²) in [5.74, 6) is 1.91. The lowest BCUT2D eigenvalue weighted by molar-refractivity contribution is 0.106. The van der Waals surface area contributed by atoms with E-state index in [1.807, 2.05) is 18.8 Å². The Morgan fingerprint density at radius 2 is 2.04 bits per heavy atom. The Morgan fingerprint density at radius 1 is 1.36 bits per heavy atom. The zero-order valence-corrected chi connectivity index (χ0v) is 18.7. The average molecular weight is 459 g/mol. The summed E-state index contributed by atoms with van der Waals surface area (Å²) in [6.45, 7) is 7.54. The van der Waals surface area contributed by atoms with Crippen molar-refractivity contribution in [3.8, 4) is 0 Å². The Labute approximate surface area is 169 Å². The third-order valence-corrected chi connectivity index (χ3v) is 6.18. The molecule has 0 amide bonds. The van der Waals surface area contributed by atoms with Gasteiger partial charge in [0.2, 0.25) is 0 Å². The zero-order chi connectivity index (χ0) is 17.3. The number of rotatable bonds is 6. The first-order valence-corrected chi connectivity index (χ1v) is 9.41. The Kier molecular flexibility index (Phi) is 6.79. The molecule has 0 aliphatic heterocycles. The van der Waals surface area contributed by atoms with Gasteiger partial charge >= 0.3 is 0 Å². The van der Waals surface area contributed by atoms with Gasteiger partial charge < -0.3 is 10.6 Å². The van der Waals surface area contributed by atoms with E-state index in [9.17, 15) is 0 Å². The number of aromatic nitrogens is 2. The van der Waals surface area contributed by atoms with E-state index in [0.717, 1.165) is 30.5 Å². The first-order chi connectivity index (χ1) is 11.4. The fourth-order valence-corrected chi connectivity index (χ4v) is 4.21. The predicted octanol–water partition coefficient (Wildman–Crippen LogP) is 3.33. The van der Waals surface area contributed by atoms with E-state index in [1.165, 1.54) is 43.4 Å². The van der Waals surface area contributed by atoms with Crippen molar-refractivity contribution in [1.29, 1.82) is 0 Å². The first-order valence-electron chi connectivity index (χ1n) is 9.41. The van der Waals surface area contributed by atoms with Crippen LogP contribution >= 0.6 is 24.0 Å². The molecule has 6 heteroatoms. The number of nitrogens with zero attached hydrogens (tertiary/aromatic N) is 3. The fraction of sp³-hybridized carbons (Fsp3) is 0.789. The molecule has 25 heavy (non-hydrogen) atoms. The number of guanidine groups is 1. The van der Waals surface area contributed by atoms with Crippen molar-refractivity contribution < 1.29 is 0 Å². The van der Waals surface area contributed by atoms with Crippen LogP contribution in [-0.2, 0) is 13.5 Å². The molecule has 0 radical (unpaired) electrons. The monoisotopic (exact) mass is 459 g/mol. The van der Waals surface area contributed by atoms with Crippen molar-refractivity contribution in [2.24, 2.45) is 23.4 Å². The second-order valence-corrected chi connectivity index (χ2v) is 7.94. The Bertz CT molecular complexity index is 614.